The number of nitrogens with zero attached hydrogens (tertiary/aromatic N) is 5. The van der Waals surface area contributed by atoms with Crippen LogP contribution in [0.3, 0.4) is 0 Å². The molecule has 13 heteroatoms. The van der Waals surface area contributed by atoms with Crippen molar-refractivity contribution in [3.8, 4) is 0 Å². The summed E-state index contributed by atoms with van der Waals surface area (Å²) >= 11 is 0. The topological polar surface area (TPSA) is 98.5 Å². The van der Waals surface area contributed by atoms with Crippen LogP contribution in [0.4, 0.5) is 13.6 Å². The molecule has 7 aliphatic rings. The van der Waals surface area contributed by atoms with Crippen LogP contribution in [0.15, 0.2) is 24.6 Å². The van der Waals surface area contributed by atoms with Crippen molar-refractivity contribution in [1.82, 2.24) is 46.2 Å². The third-order valence-corrected chi connectivity index (χ3v) is 13.0. The summed E-state index contributed by atoms with van der Waals surface area (Å²) in [5.74, 6) is -0.359. The Bertz CT molecular complexity index is 1270. The highest BCUT2D eigenvalue weighted by Gasteiger charge is 2.58. The molecule has 11 nitrogen and oxygen atoms in total. The molecule has 5 fully saturated rings. The van der Waals surface area contributed by atoms with E-state index in [9.17, 15) is 9.59 Å². The zero-order chi connectivity index (χ0) is 34.0. The van der Waals surface area contributed by atoms with E-state index in [1.807, 2.05) is 16.8 Å². The van der Waals surface area contributed by atoms with Crippen molar-refractivity contribution >= 4 is 11.9 Å². The second-order valence-corrected chi connectivity index (χ2v) is 16.1. The average molecular weight is 674 g/mol. The molecule has 7 rings (SSSR count). The highest BCUT2D eigenvalue weighted by Crippen LogP contribution is 2.45. The lowest BCUT2D eigenvalue weighted by molar-refractivity contribution is -0.137. The number of piperazine rings is 1. The number of rotatable bonds is 3. The van der Waals surface area contributed by atoms with Gasteiger partial charge in [-0.1, -0.05) is 26.8 Å². The van der Waals surface area contributed by atoms with Crippen LogP contribution in [0.25, 0.3) is 0 Å². The standard InChI is InChI=1S/C35H57F2N9O2/c1-7-29(47)43-15-21(5)44(16-20(43)4)33-24-14-26(37)31-30-25(36)11-9-12-27(30)45-18-22(40-41-45)17-42(6)28-13-8-10-23(19(2)3)32(28)46(34(24)38-31)35(48)39-33/h7,18-21,23-28,30-34,38,40-41H,1,8-17H2,2-6H3,(H,39,48)/t20-,21+,23?,24?,25?,26?,27?,28?,30?,31?,32?,33?,34?/m1/s1. The second kappa shape index (κ2) is 13.3. The first-order valence-electron chi connectivity index (χ1n) is 18.5. The fraction of sp³-hybridized carbons (Fsp3) is 0.829. The number of likely N-dealkylation sites (N-methyl/N-ethyl adjacent to an activating group) is 1. The van der Waals surface area contributed by atoms with E-state index in [4.69, 9.17) is 0 Å². The first-order valence-corrected chi connectivity index (χ1v) is 18.5. The third-order valence-electron chi connectivity index (χ3n) is 13.0. The second-order valence-electron chi connectivity index (χ2n) is 16.1. The van der Waals surface area contributed by atoms with E-state index in [0.29, 0.717) is 32.0 Å². The largest absolute Gasteiger partial charge is 0.334 e. The summed E-state index contributed by atoms with van der Waals surface area (Å²) in [5.41, 5.74) is 7.62. The summed E-state index contributed by atoms with van der Waals surface area (Å²) in [6.07, 6.45) is 5.27. The van der Waals surface area contributed by atoms with E-state index in [1.54, 1.807) is 0 Å². The average Bonchev–Trinajstić information content (AvgIpc) is 3.52. The maximum absolute atomic E-state index is 16.9. The lowest BCUT2D eigenvalue weighted by atomic mass is 9.70. The minimum Gasteiger partial charge on any atom is -0.334 e. The summed E-state index contributed by atoms with van der Waals surface area (Å²) < 4.78 is 33.2. The molecule has 5 aliphatic heterocycles. The number of alkyl halides is 2. The Balaban J connectivity index is 1.31. The van der Waals surface area contributed by atoms with Gasteiger partial charge in [0.05, 0.1) is 30.1 Å². The number of carbonyl (C=O) groups excluding carboxylic acids is 2. The van der Waals surface area contributed by atoms with Gasteiger partial charge < -0.3 is 20.5 Å². The molecular formula is C35H57F2N9O2. The van der Waals surface area contributed by atoms with Crippen LogP contribution in [0.2, 0.25) is 0 Å². The zero-order valence-corrected chi connectivity index (χ0v) is 29.3. The highest BCUT2D eigenvalue weighted by atomic mass is 19.1. The molecule has 3 saturated heterocycles. The molecule has 4 N–H and O–H groups in total. The molecule has 0 aromatic carbocycles. The van der Waals surface area contributed by atoms with Crippen LogP contribution in [0.1, 0.15) is 72.6 Å². The number of hydrazine groups is 2. The van der Waals surface area contributed by atoms with Gasteiger partial charge in [-0.15, -0.1) is 5.53 Å². The minimum absolute atomic E-state index is 0.0584. The Morgan fingerprint density at radius 3 is 2.52 bits per heavy atom. The van der Waals surface area contributed by atoms with Gasteiger partial charge in [-0.2, -0.15) is 0 Å². The molecule has 2 aliphatic carbocycles. The molecule has 0 aromatic heterocycles. The quantitative estimate of drug-likeness (QED) is 0.340. The Morgan fingerprint density at radius 2 is 1.77 bits per heavy atom. The number of halogens is 2. The summed E-state index contributed by atoms with van der Waals surface area (Å²) in [5, 5.41) is 9.13. The van der Waals surface area contributed by atoms with E-state index in [2.05, 4.69) is 76.9 Å². The summed E-state index contributed by atoms with van der Waals surface area (Å²) in [4.78, 5) is 36.0. The number of hydrogen-bond acceptors (Lipinski definition) is 8. The number of amides is 3. The molecule has 48 heavy (non-hydrogen) atoms. The monoisotopic (exact) mass is 673 g/mol. The molecule has 0 aromatic rings. The SMILES string of the molecule is C=CC(=O)N1C[C@H](C)N(C2NC(=O)N3C4NC(C(F)CC42)C2C(F)CCCC2N2C=C(CN(C)C4CCCC(C(C)C)C43)NN2)C[C@H]1C. The van der Waals surface area contributed by atoms with Gasteiger partial charge in [0.15, 0.2) is 0 Å². The van der Waals surface area contributed by atoms with Crippen LogP contribution in [0, 0.1) is 23.7 Å². The van der Waals surface area contributed by atoms with Crippen LogP contribution in [-0.4, -0.2) is 124 Å². The van der Waals surface area contributed by atoms with E-state index in [0.717, 1.165) is 37.8 Å². The molecule has 0 radical (unpaired) electrons. The van der Waals surface area contributed by atoms with Crippen molar-refractivity contribution in [2.24, 2.45) is 23.7 Å². The first kappa shape index (κ1) is 34.0. The Hall–Kier alpha value is -2.48. The summed E-state index contributed by atoms with van der Waals surface area (Å²) in [6, 6.07) is -1.27. The fourth-order valence-corrected chi connectivity index (χ4v) is 10.7. The van der Waals surface area contributed by atoms with Crippen molar-refractivity contribution in [1.29, 1.82) is 0 Å². The molecule has 2 saturated carbocycles. The number of urea groups is 1. The molecule has 268 valence electrons. The Labute approximate surface area is 284 Å². The number of hydrogen-bond donors (Lipinski definition) is 4. The van der Waals surface area contributed by atoms with Crippen LogP contribution in [-0.2, 0) is 4.79 Å². The minimum atomic E-state index is -1.29. The Kier molecular flexibility index (Phi) is 9.44. The van der Waals surface area contributed by atoms with E-state index < -0.39 is 36.6 Å². The molecule has 11 unspecified atom stereocenters. The van der Waals surface area contributed by atoms with Gasteiger partial charge in [0.25, 0.3) is 0 Å². The maximum Gasteiger partial charge on any atom is 0.320 e. The van der Waals surface area contributed by atoms with Crippen molar-refractivity contribution in [3.05, 3.63) is 24.6 Å². The highest BCUT2D eigenvalue weighted by molar-refractivity contribution is 5.87. The van der Waals surface area contributed by atoms with Crippen molar-refractivity contribution in [2.75, 3.05) is 26.7 Å². The first-order chi connectivity index (χ1) is 23.0. The van der Waals surface area contributed by atoms with Crippen molar-refractivity contribution in [3.63, 3.8) is 0 Å². The predicted octanol–water partition coefficient (Wildman–Crippen LogP) is 2.90. The number of carbonyl (C=O) groups is 2. The van der Waals surface area contributed by atoms with Crippen molar-refractivity contribution < 1.29 is 18.4 Å². The number of piperidine rings is 1. The normalized spacial score (nSPS) is 43.9. The lowest BCUT2D eigenvalue weighted by Gasteiger charge is -2.61. The van der Waals surface area contributed by atoms with Crippen LogP contribution < -0.4 is 21.6 Å². The van der Waals surface area contributed by atoms with E-state index >= 15 is 8.78 Å². The molecule has 0 spiro atoms. The van der Waals surface area contributed by atoms with E-state index in [-0.39, 0.29) is 60.4 Å². The van der Waals surface area contributed by atoms with Gasteiger partial charge in [0, 0.05) is 61.8 Å². The Morgan fingerprint density at radius 1 is 1.02 bits per heavy atom. The molecule has 4 bridgehead atoms. The van der Waals surface area contributed by atoms with Gasteiger partial charge in [-0.25, -0.2) is 13.6 Å². The lowest BCUT2D eigenvalue weighted by Crippen LogP contribution is -2.80. The van der Waals surface area contributed by atoms with Gasteiger partial charge in [0.1, 0.15) is 12.3 Å². The van der Waals surface area contributed by atoms with Crippen LogP contribution in [0.5, 0.6) is 0 Å². The predicted molar refractivity (Wildman–Crippen MR) is 180 cm³/mol. The molecular weight excluding hydrogens is 616 g/mol. The van der Waals surface area contributed by atoms with Crippen LogP contribution >= 0.6 is 0 Å². The molecule has 5 heterocycles. The summed E-state index contributed by atoms with van der Waals surface area (Å²) in [6.45, 7) is 14.0. The molecule has 13 atom stereocenters. The number of fused-ring (bicyclic) bond motifs is 7. The van der Waals surface area contributed by atoms with Crippen molar-refractivity contribution in [2.45, 2.75) is 134 Å². The van der Waals surface area contributed by atoms with Gasteiger partial charge in [-0.05, 0) is 77.3 Å². The fourth-order valence-electron chi connectivity index (χ4n) is 10.7. The number of nitrogens with one attached hydrogen (secondary N) is 4. The van der Waals surface area contributed by atoms with Gasteiger partial charge in [0.2, 0.25) is 5.91 Å². The third kappa shape index (κ3) is 5.80. The molecule has 3 amide bonds. The zero-order valence-electron chi connectivity index (χ0n) is 29.3. The summed E-state index contributed by atoms with van der Waals surface area (Å²) in [7, 11) is 2.15. The smallest absolute Gasteiger partial charge is 0.320 e. The van der Waals surface area contributed by atoms with Gasteiger partial charge >= 0.3 is 6.03 Å². The maximum atomic E-state index is 16.9. The van der Waals surface area contributed by atoms with E-state index in [1.165, 1.54) is 6.08 Å². The van der Waals surface area contributed by atoms with Gasteiger partial charge in [-0.3, -0.25) is 24.9 Å².